The van der Waals surface area contributed by atoms with Crippen molar-refractivity contribution in [1.82, 2.24) is 0 Å². The molecule has 0 aliphatic carbocycles. The summed E-state index contributed by atoms with van der Waals surface area (Å²) in [7, 11) is 3.28. The molecular formula is C12H16N2O2. The molecule has 1 aromatic carbocycles. The summed E-state index contributed by atoms with van der Waals surface area (Å²) in [5.41, 5.74) is 1.43. The van der Waals surface area contributed by atoms with Crippen LogP contribution in [0.1, 0.15) is 12.0 Å². The monoisotopic (exact) mass is 220 g/mol. The Balaban J connectivity index is 2.65. The summed E-state index contributed by atoms with van der Waals surface area (Å²) < 4.78 is 10.1. The van der Waals surface area contributed by atoms with Gasteiger partial charge in [-0.15, -0.1) is 0 Å². The molecule has 0 aliphatic heterocycles. The van der Waals surface area contributed by atoms with Crippen LogP contribution in [0.15, 0.2) is 18.2 Å². The van der Waals surface area contributed by atoms with E-state index in [0.29, 0.717) is 12.2 Å². The molecule has 16 heavy (non-hydrogen) atoms. The number of methoxy groups -OCH3 is 2. The maximum Gasteiger partial charge on any atom is 0.121 e. The van der Waals surface area contributed by atoms with Gasteiger partial charge < -0.3 is 14.8 Å². The first-order valence-corrected chi connectivity index (χ1v) is 5.12. The summed E-state index contributed by atoms with van der Waals surface area (Å²) in [6.45, 7) is 1.48. The zero-order chi connectivity index (χ0) is 11.8. The predicted molar refractivity (Wildman–Crippen MR) is 62.7 cm³/mol. The normalized spacial score (nSPS) is 9.56. The van der Waals surface area contributed by atoms with Crippen molar-refractivity contribution in [3.63, 3.8) is 0 Å². The summed E-state index contributed by atoms with van der Waals surface area (Å²) in [4.78, 5) is 0. The van der Waals surface area contributed by atoms with Crippen LogP contribution in [0.2, 0.25) is 0 Å². The van der Waals surface area contributed by atoms with Crippen LogP contribution in [0.5, 0.6) is 5.75 Å². The Morgan fingerprint density at radius 3 is 2.81 bits per heavy atom. The Bertz CT molecular complexity index is 372. The van der Waals surface area contributed by atoms with Crippen LogP contribution in [0, 0.1) is 11.3 Å². The Morgan fingerprint density at radius 2 is 2.19 bits per heavy atom. The van der Waals surface area contributed by atoms with E-state index in [-0.39, 0.29) is 0 Å². The third kappa shape index (κ3) is 3.44. The smallest absolute Gasteiger partial charge is 0.121 e. The van der Waals surface area contributed by atoms with E-state index in [1.165, 1.54) is 0 Å². The van der Waals surface area contributed by atoms with Gasteiger partial charge in [0.2, 0.25) is 0 Å². The van der Waals surface area contributed by atoms with Crippen LogP contribution in [-0.4, -0.2) is 27.4 Å². The Labute approximate surface area is 95.8 Å². The van der Waals surface area contributed by atoms with Crippen molar-refractivity contribution in [2.75, 3.05) is 32.7 Å². The van der Waals surface area contributed by atoms with Crippen LogP contribution >= 0.6 is 0 Å². The molecule has 86 valence electrons. The molecule has 1 aromatic rings. The van der Waals surface area contributed by atoms with E-state index in [0.717, 1.165) is 24.4 Å². The summed E-state index contributed by atoms with van der Waals surface area (Å²) in [6, 6.07) is 7.49. The third-order valence-corrected chi connectivity index (χ3v) is 2.19. The minimum atomic E-state index is 0.623. The fourth-order valence-electron chi connectivity index (χ4n) is 1.33. The first-order valence-electron chi connectivity index (χ1n) is 5.12. The molecule has 1 rings (SSSR count). The lowest BCUT2D eigenvalue weighted by Gasteiger charge is -2.09. The molecule has 0 radical (unpaired) electrons. The van der Waals surface area contributed by atoms with E-state index in [9.17, 15) is 0 Å². The number of benzene rings is 1. The van der Waals surface area contributed by atoms with Crippen LogP contribution < -0.4 is 10.1 Å². The van der Waals surface area contributed by atoms with Gasteiger partial charge in [0.15, 0.2) is 0 Å². The largest absolute Gasteiger partial charge is 0.497 e. The van der Waals surface area contributed by atoms with Gasteiger partial charge in [0, 0.05) is 26.3 Å². The van der Waals surface area contributed by atoms with E-state index in [4.69, 9.17) is 14.7 Å². The molecule has 0 saturated carbocycles. The maximum atomic E-state index is 8.93. The van der Waals surface area contributed by atoms with Crippen molar-refractivity contribution in [3.8, 4) is 11.8 Å². The zero-order valence-corrected chi connectivity index (χ0v) is 9.62. The molecule has 1 N–H and O–H groups in total. The number of hydrogen-bond acceptors (Lipinski definition) is 4. The highest BCUT2D eigenvalue weighted by atomic mass is 16.5. The molecule has 4 nitrogen and oxygen atoms in total. The van der Waals surface area contributed by atoms with Gasteiger partial charge in [-0.3, -0.25) is 0 Å². The van der Waals surface area contributed by atoms with Crippen molar-refractivity contribution in [3.05, 3.63) is 23.8 Å². The second-order valence-electron chi connectivity index (χ2n) is 3.30. The molecule has 0 bridgehead atoms. The third-order valence-electron chi connectivity index (χ3n) is 2.19. The van der Waals surface area contributed by atoms with E-state index in [1.807, 2.05) is 6.07 Å². The van der Waals surface area contributed by atoms with Crippen LogP contribution in [0.25, 0.3) is 0 Å². The highest BCUT2D eigenvalue weighted by molar-refractivity contribution is 5.60. The lowest BCUT2D eigenvalue weighted by molar-refractivity contribution is 0.198. The molecule has 0 heterocycles. The van der Waals surface area contributed by atoms with E-state index < -0.39 is 0 Å². The summed E-state index contributed by atoms with van der Waals surface area (Å²) in [6.07, 6.45) is 0.901. The van der Waals surface area contributed by atoms with Crippen molar-refractivity contribution in [2.24, 2.45) is 0 Å². The lowest BCUT2D eigenvalue weighted by atomic mass is 10.2. The molecule has 4 heteroatoms. The fourth-order valence-corrected chi connectivity index (χ4v) is 1.33. The minimum absolute atomic E-state index is 0.623. The molecule has 0 atom stereocenters. The molecule has 0 fully saturated rings. The SMILES string of the molecule is COCCCNc1cc(OC)ccc1C#N. The highest BCUT2D eigenvalue weighted by Gasteiger charge is 2.02. The van der Waals surface area contributed by atoms with Gasteiger partial charge in [-0.1, -0.05) is 0 Å². The predicted octanol–water partition coefficient (Wildman–Crippen LogP) is 2.02. The number of nitrogens with zero attached hydrogens (tertiary/aromatic N) is 1. The molecule has 0 spiro atoms. The standard InChI is InChI=1S/C12H16N2O2/c1-15-7-3-6-14-12-8-11(16-2)5-4-10(12)9-13/h4-5,8,14H,3,6-7H2,1-2H3. The second kappa shape index (κ2) is 6.70. The number of nitrogens with one attached hydrogen (secondary N) is 1. The number of rotatable bonds is 6. The molecule has 0 unspecified atom stereocenters. The number of anilines is 1. The van der Waals surface area contributed by atoms with Crippen LogP contribution in [0.3, 0.4) is 0 Å². The van der Waals surface area contributed by atoms with E-state index in [2.05, 4.69) is 11.4 Å². The van der Waals surface area contributed by atoms with Crippen LogP contribution in [0.4, 0.5) is 5.69 Å². The van der Waals surface area contributed by atoms with Gasteiger partial charge in [0.1, 0.15) is 11.8 Å². The van der Waals surface area contributed by atoms with E-state index >= 15 is 0 Å². The summed E-state index contributed by atoms with van der Waals surface area (Å²) >= 11 is 0. The maximum absolute atomic E-state index is 8.93. The van der Waals surface area contributed by atoms with Gasteiger partial charge in [-0.2, -0.15) is 5.26 Å². The van der Waals surface area contributed by atoms with Gasteiger partial charge in [-0.05, 0) is 18.6 Å². The fraction of sp³-hybridized carbons (Fsp3) is 0.417. The topological polar surface area (TPSA) is 54.3 Å². The molecule has 0 saturated heterocycles. The first kappa shape index (κ1) is 12.3. The van der Waals surface area contributed by atoms with Crippen molar-refractivity contribution >= 4 is 5.69 Å². The number of hydrogen-bond donors (Lipinski definition) is 1. The Kier molecular flexibility index (Phi) is 5.17. The first-order chi connectivity index (χ1) is 7.81. The van der Waals surface area contributed by atoms with Crippen molar-refractivity contribution in [1.29, 1.82) is 5.26 Å². The number of nitriles is 1. The Morgan fingerprint density at radius 1 is 1.38 bits per heavy atom. The highest BCUT2D eigenvalue weighted by Crippen LogP contribution is 2.21. The second-order valence-corrected chi connectivity index (χ2v) is 3.30. The van der Waals surface area contributed by atoms with Gasteiger partial charge in [0.05, 0.1) is 18.4 Å². The lowest BCUT2D eigenvalue weighted by Crippen LogP contribution is -2.06. The molecule has 0 aromatic heterocycles. The molecule has 0 amide bonds. The molecule has 0 aliphatic rings. The number of ether oxygens (including phenoxy) is 2. The zero-order valence-electron chi connectivity index (χ0n) is 9.62. The van der Waals surface area contributed by atoms with Gasteiger partial charge in [0.25, 0.3) is 0 Å². The van der Waals surface area contributed by atoms with E-state index in [1.54, 1.807) is 26.4 Å². The van der Waals surface area contributed by atoms with Crippen molar-refractivity contribution < 1.29 is 9.47 Å². The van der Waals surface area contributed by atoms with Crippen molar-refractivity contribution in [2.45, 2.75) is 6.42 Å². The summed E-state index contributed by atoms with van der Waals surface area (Å²) in [5, 5.41) is 12.1. The Hall–Kier alpha value is -1.73. The minimum Gasteiger partial charge on any atom is -0.497 e. The average Bonchev–Trinajstić information content (AvgIpc) is 2.34. The van der Waals surface area contributed by atoms with Crippen LogP contribution in [-0.2, 0) is 4.74 Å². The van der Waals surface area contributed by atoms with Gasteiger partial charge >= 0.3 is 0 Å². The average molecular weight is 220 g/mol. The summed E-state index contributed by atoms with van der Waals surface area (Å²) in [5.74, 6) is 0.744. The molecular weight excluding hydrogens is 204 g/mol. The quantitative estimate of drug-likeness (QED) is 0.745. The van der Waals surface area contributed by atoms with Gasteiger partial charge in [-0.25, -0.2) is 0 Å².